The summed E-state index contributed by atoms with van der Waals surface area (Å²) < 4.78 is 6.13. The standard InChI is InChI=1S/C22H30N2O3/c1-12(25)27-22-8-13-4-14(9-22)7-21(6-13,11-22)24-17-10-23-20(26)19-16-3-2-15(5-16)18(17)19/h10,12-16,24-25H,2-9,11H2,1H3,(H,23,26). The number of aliphatic hydroxyl groups is 1. The summed E-state index contributed by atoms with van der Waals surface area (Å²) in [7, 11) is 0. The van der Waals surface area contributed by atoms with E-state index in [9.17, 15) is 9.90 Å². The van der Waals surface area contributed by atoms with Crippen LogP contribution in [0.2, 0.25) is 0 Å². The lowest BCUT2D eigenvalue weighted by atomic mass is 9.51. The van der Waals surface area contributed by atoms with Crippen molar-refractivity contribution in [2.24, 2.45) is 11.8 Å². The molecule has 6 aliphatic carbocycles. The van der Waals surface area contributed by atoms with Gasteiger partial charge in [-0.2, -0.15) is 0 Å². The molecule has 0 spiro atoms. The number of H-pyrrole nitrogens is 1. The number of ether oxygens (including phenoxy) is 1. The van der Waals surface area contributed by atoms with E-state index in [0.717, 1.165) is 31.2 Å². The molecule has 0 amide bonds. The number of aromatic nitrogens is 1. The number of hydrogen-bond donors (Lipinski definition) is 3. The Balaban J connectivity index is 1.37. The van der Waals surface area contributed by atoms with Gasteiger partial charge >= 0.3 is 0 Å². The Bertz CT molecular complexity index is 825. The van der Waals surface area contributed by atoms with Crippen LogP contribution in [-0.4, -0.2) is 27.5 Å². The second-order valence-electron chi connectivity index (χ2n) is 10.3. The maximum atomic E-state index is 12.5. The summed E-state index contributed by atoms with van der Waals surface area (Å²) in [5.74, 6) is 2.40. The van der Waals surface area contributed by atoms with E-state index in [1.165, 1.54) is 43.4 Å². The van der Waals surface area contributed by atoms with Crippen LogP contribution < -0.4 is 10.9 Å². The molecule has 1 heterocycles. The van der Waals surface area contributed by atoms with Crippen molar-refractivity contribution < 1.29 is 9.84 Å². The molecule has 6 bridgehead atoms. The predicted molar refractivity (Wildman–Crippen MR) is 103 cm³/mol. The fourth-order valence-corrected chi connectivity index (χ4v) is 8.13. The van der Waals surface area contributed by atoms with E-state index in [1.54, 1.807) is 6.92 Å². The fourth-order valence-electron chi connectivity index (χ4n) is 8.13. The number of pyridine rings is 1. The Morgan fingerprint density at radius 2 is 1.85 bits per heavy atom. The average Bonchev–Trinajstić information content (AvgIpc) is 3.17. The van der Waals surface area contributed by atoms with Gasteiger partial charge in [-0.15, -0.1) is 0 Å². The molecule has 5 heteroatoms. The minimum Gasteiger partial charge on any atom is -0.378 e. The minimum absolute atomic E-state index is 0.0484. The van der Waals surface area contributed by atoms with Crippen LogP contribution in [0.1, 0.15) is 87.7 Å². The van der Waals surface area contributed by atoms with E-state index in [4.69, 9.17) is 4.74 Å². The van der Waals surface area contributed by atoms with Crippen molar-refractivity contribution in [3.8, 4) is 0 Å². The smallest absolute Gasteiger partial charge is 0.251 e. The van der Waals surface area contributed by atoms with Gasteiger partial charge < -0.3 is 20.1 Å². The van der Waals surface area contributed by atoms with Gasteiger partial charge in [0.25, 0.3) is 5.56 Å². The minimum atomic E-state index is -0.702. The zero-order valence-corrected chi connectivity index (χ0v) is 16.1. The zero-order chi connectivity index (χ0) is 18.4. The van der Waals surface area contributed by atoms with Crippen molar-refractivity contribution in [3.63, 3.8) is 0 Å². The van der Waals surface area contributed by atoms with Crippen LogP contribution >= 0.6 is 0 Å². The molecular weight excluding hydrogens is 340 g/mol. The molecule has 0 aliphatic heterocycles. The van der Waals surface area contributed by atoms with Crippen molar-refractivity contribution in [2.45, 2.75) is 94.0 Å². The highest BCUT2D eigenvalue weighted by atomic mass is 16.6. The zero-order valence-electron chi connectivity index (χ0n) is 16.1. The highest BCUT2D eigenvalue weighted by Crippen LogP contribution is 2.61. The van der Waals surface area contributed by atoms with Crippen LogP contribution in [0.3, 0.4) is 0 Å². The van der Waals surface area contributed by atoms with Crippen molar-refractivity contribution in [1.29, 1.82) is 0 Å². The molecule has 27 heavy (non-hydrogen) atoms. The lowest BCUT2D eigenvalue weighted by molar-refractivity contribution is -0.235. The van der Waals surface area contributed by atoms with Gasteiger partial charge in [0.2, 0.25) is 0 Å². The van der Waals surface area contributed by atoms with Gasteiger partial charge in [0.15, 0.2) is 6.29 Å². The van der Waals surface area contributed by atoms with Crippen LogP contribution in [0, 0.1) is 11.8 Å². The summed E-state index contributed by atoms with van der Waals surface area (Å²) in [6.07, 6.45) is 11.6. The molecule has 1 aromatic rings. The number of aliphatic hydroxyl groups excluding tert-OH is 1. The van der Waals surface area contributed by atoms with Crippen molar-refractivity contribution in [3.05, 3.63) is 27.7 Å². The summed E-state index contributed by atoms with van der Waals surface area (Å²) in [5, 5.41) is 13.9. The lowest BCUT2D eigenvalue weighted by Gasteiger charge is -2.62. The predicted octanol–water partition coefficient (Wildman–Crippen LogP) is 3.60. The molecule has 7 rings (SSSR count). The van der Waals surface area contributed by atoms with E-state index in [-0.39, 0.29) is 16.7 Å². The third-order valence-electron chi connectivity index (χ3n) is 8.25. The molecule has 5 atom stereocenters. The Kier molecular flexibility index (Phi) is 3.31. The molecule has 5 nitrogen and oxygen atoms in total. The molecule has 6 aliphatic rings. The van der Waals surface area contributed by atoms with E-state index < -0.39 is 6.29 Å². The van der Waals surface area contributed by atoms with Crippen molar-refractivity contribution in [2.75, 3.05) is 5.32 Å². The number of aromatic amines is 1. The van der Waals surface area contributed by atoms with E-state index in [0.29, 0.717) is 23.7 Å². The van der Waals surface area contributed by atoms with Crippen molar-refractivity contribution >= 4 is 5.69 Å². The monoisotopic (exact) mass is 370 g/mol. The molecule has 5 fully saturated rings. The summed E-state index contributed by atoms with van der Waals surface area (Å²) in [6, 6.07) is 0. The summed E-state index contributed by atoms with van der Waals surface area (Å²) in [4.78, 5) is 15.5. The average molecular weight is 370 g/mol. The largest absolute Gasteiger partial charge is 0.378 e. The third kappa shape index (κ3) is 2.40. The van der Waals surface area contributed by atoms with Crippen molar-refractivity contribution in [1.82, 2.24) is 4.98 Å². The first-order valence-electron chi connectivity index (χ1n) is 10.8. The Labute approximate surface area is 159 Å². The number of fused-ring (bicyclic) bond motifs is 5. The molecule has 1 aromatic heterocycles. The van der Waals surface area contributed by atoms with E-state index in [1.807, 2.05) is 6.20 Å². The van der Waals surface area contributed by atoms with Crippen LogP contribution in [0.25, 0.3) is 0 Å². The van der Waals surface area contributed by atoms with Gasteiger partial charge in [-0.25, -0.2) is 0 Å². The topological polar surface area (TPSA) is 74.3 Å². The quantitative estimate of drug-likeness (QED) is 0.708. The van der Waals surface area contributed by atoms with E-state index in [2.05, 4.69) is 10.3 Å². The molecule has 0 aromatic carbocycles. The molecule has 5 unspecified atom stereocenters. The summed E-state index contributed by atoms with van der Waals surface area (Å²) in [5.41, 5.74) is 3.56. The van der Waals surface area contributed by atoms with Gasteiger partial charge in [0, 0.05) is 17.3 Å². The SMILES string of the molecule is CC(O)OC12CC3CC(CC(Nc4c[nH]c(=O)c5c4C4CCC5C4)(C3)C1)C2. The molecule has 0 radical (unpaired) electrons. The number of rotatable bonds is 4. The van der Waals surface area contributed by atoms with Crippen LogP contribution in [0.15, 0.2) is 11.0 Å². The van der Waals surface area contributed by atoms with Gasteiger partial charge in [-0.05, 0) is 93.9 Å². The number of anilines is 1. The fraction of sp³-hybridized carbons (Fsp3) is 0.773. The number of hydrogen-bond acceptors (Lipinski definition) is 4. The van der Waals surface area contributed by atoms with Gasteiger partial charge in [0.1, 0.15) is 0 Å². The van der Waals surface area contributed by atoms with E-state index >= 15 is 0 Å². The molecule has 146 valence electrons. The van der Waals surface area contributed by atoms with Gasteiger partial charge in [-0.1, -0.05) is 0 Å². The molecule has 5 saturated carbocycles. The second-order valence-corrected chi connectivity index (χ2v) is 10.3. The first-order valence-corrected chi connectivity index (χ1v) is 10.8. The summed E-state index contributed by atoms with van der Waals surface area (Å²) >= 11 is 0. The lowest BCUT2D eigenvalue weighted by Crippen LogP contribution is -2.63. The number of nitrogens with one attached hydrogen (secondary N) is 2. The van der Waals surface area contributed by atoms with Gasteiger partial charge in [0.05, 0.1) is 11.3 Å². The molecule has 3 N–H and O–H groups in total. The Morgan fingerprint density at radius 1 is 1.15 bits per heavy atom. The molecular formula is C22H30N2O3. The highest BCUT2D eigenvalue weighted by Gasteiger charge is 2.59. The van der Waals surface area contributed by atoms with Gasteiger partial charge in [-0.3, -0.25) is 4.79 Å². The normalized spacial score (nSPS) is 44.5. The Morgan fingerprint density at radius 3 is 2.56 bits per heavy atom. The maximum absolute atomic E-state index is 12.5. The second kappa shape index (κ2) is 5.38. The maximum Gasteiger partial charge on any atom is 0.251 e. The van der Waals surface area contributed by atoms with Crippen LogP contribution in [0.5, 0.6) is 0 Å². The molecule has 0 saturated heterocycles. The summed E-state index contributed by atoms with van der Waals surface area (Å²) in [6.45, 7) is 1.74. The first-order chi connectivity index (χ1) is 12.9. The van der Waals surface area contributed by atoms with Crippen LogP contribution in [0.4, 0.5) is 5.69 Å². The third-order valence-corrected chi connectivity index (χ3v) is 8.25. The van der Waals surface area contributed by atoms with Crippen LogP contribution in [-0.2, 0) is 4.74 Å². The highest BCUT2D eigenvalue weighted by molar-refractivity contribution is 5.60. The Hall–Kier alpha value is -1.33. The first kappa shape index (κ1) is 16.6.